The number of methoxy groups -OCH3 is 1. The monoisotopic (exact) mass is 320 g/mol. The van der Waals surface area contributed by atoms with E-state index in [1.54, 1.807) is 7.11 Å². The summed E-state index contributed by atoms with van der Waals surface area (Å²) in [6, 6.07) is 2.81. The first kappa shape index (κ1) is 17.8. The number of hydrogen-bond donors (Lipinski definition) is 1. The van der Waals surface area contributed by atoms with Gasteiger partial charge in [-0.25, -0.2) is 18.5 Å². The third-order valence-electron chi connectivity index (χ3n) is 2.31. The molecule has 0 aromatic carbocycles. The highest BCUT2D eigenvalue weighted by atomic mass is 32.2. The van der Waals surface area contributed by atoms with E-state index in [2.05, 4.69) is 4.98 Å². The normalized spacial score (nSPS) is 11.5. The van der Waals surface area contributed by atoms with Gasteiger partial charge in [-0.2, -0.15) is 0 Å². The first-order valence-corrected chi connectivity index (χ1v) is 7.85. The molecular weight excluding hydrogens is 300 g/mol. The van der Waals surface area contributed by atoms with Gasteiger partial charge in [-0.1, -0.05) is 0 Å². The molecule has 0 aliphatic carbocycles. The number of hydrogen-bond acceptors (Lipinski definition) is 7. The standard InChI is InChI=1S/C12H20N2O6S/c1-17-5-6-18-7-8-19-9-10-20-12-11(21(13,15)16)3-2-4-14-12/h2-4H,5-10H2,1H3,(H2,13,15,16). The van der Waals surface area contributed by atoms with Gasteiger partial charge < -0.3 is 18.9 Å². The SMILES string of the molecule is COCCOCCOCCOc1ncccc1S(N)(=O)=O. The van der Waals surface area contributed by atoms with Crippen molar-refractivity contribution >= 4 is 10.0 Å². The molecule has 1 aromatic heterocycles. The van der Waals surface area contributed by atoms with E-state index in [4.69, 9.17) is 24.1 Å². The molecule has 0 saturated heterocycles. The lowest BCUT2D eigenvalue weighted by Gasteiger charge is -2.09. The summed E-state index contributed by atoms with van der Waals surface area (Å²) in [5.41, 5.74) is 0. The van der Waals surface area contributed by atoms with Crippen LogP contribution >= 0.6 is 0 Å². The second-order valence-corrected chi connectivity index (χ2v) is 5.45. The van der Waals surface area contributed by atoms with Crippen LogP contribution in [-0.2, 0) is 24.2 Å². The molecular formula is C12H20N2O6S. The third-order valence-corrected chi connectivity index (χ3v) is 3.24. The molecule has 0 spiro atoms. The maximum Gasteiger partial charge on any atom is 0.243 e. The molecule has 120 valence electrons. The van der Waals surface area contributed by atoms with Crippen LogP contribution in [0.25, 0.3) is 0 Å². The minimum Gasteiger partial charge on any atom is -0.474 e. The number of primary sulfonamides is 1. The molecule has 1 aromatic rings. The summed E-state index contributed by atoms with van der Waals surface area (Å²) in [5, 5.41) is 5.06. The Morgan fingerprint density at radius 3 is 2.33 bits per heavy atom. The van der Waals surface area contributed by atoms with Crippen LogP contribution in [0.3, 0.4) is 0 Å². The van der Waals surface area contributed by atoms with E-state index in [1.165, 1.54) is 18.3 Å². The Balaban J connectivity index is 2.22. The fourth-order valence-electron chi connectivity index (χ4n) is 1.36. The fourth-order valence-corrected chi connectivity index (χ4v) is 1.99. The molecule has 0 aliphatic rings. The molecule has 1 rings (SSSR count). The minimum absolute atomic E-state index is 0.0278. The third kappa shape index (κ3) is 7.34. The van der Waals surface area contributed by atoms with Crippen molar-refractivity contribution < 1.29 is 27.4 Å². The van der Waals surface area contributed by atoms with Crippen LogP contribution in [0.5, 0.6) is 5.88 Å². The number of aromatic nitrogens is 1. The van der Waals surface area contributed by atoms with Crippen molar-refractivity contribution in [2.75, 3.05) is 46.8 Å². The Bertz CT molecular complexity index is 508. The minimum atomic E-state index is -3.85. The van der Waals surface area contributed by atoms with Gasteiger partial charge in [0.1, 0.15) is 11.5 Å². The highest BCUT2D eigenvalue weighted by Crippen LogP contribution is 2.18. The molecule has 0 radical (unpaired) electrons. The number of rotatable bonds is 11. The number of sulfonamides is 1. The van der Waals surface area contributed by atoms with E-state index in [-0.39, 0.29) is 24.0 Å². The van der Waals surface area contributed by atoms with E-state index in [0.29, 0.717) is 26.4 Å². The number of pyridine rings is 1. The quantitative estimate of drug-likeness (QED) is 0.562. The molecule has 0 atom stereocenters. The highest BCUT2D eigenvalue weighted by Gasteiger charge is 2.15. The molecule has 21 heavy (non-hydrogen) atoms. The van der Waals surface area contributed by atoms with Crippen LogP contribution in [0.4, 0.5) is 0 Å². The zero-order valence-corrected chi connectivity index (χ0v) is 12.7. The van der Waals surface area contributed by atoms with Crippen LogP contribution in [-0.4, -0.2) is 60.2 Å². The van der Waals surface area contributed by atoms with Gasteiger partial charge in [-0.3, -0.25) is 0 Å². The van der Waals surface area contributed by atoms with Gasteiger partial charge in [0, 0.05) is 13.3 Å². The van der Waals surface area contributed by atoms with Gasteiger partial charge in [0.2, 0.25) is 15.9 Å². The first-order chi connectivity index (χ1) is 10.1. The predicted molar refractivity (Wildman–Crippen MR) is 74.6 cm³/mol. The molecule has 0 aliphatic heterocycles. The Hall–Kier alpha value is -1.26. The van der Waals surface area contributed by atoms with Crippen molar-refractivity contribution in [3.63, 3.8) is 0 Å². The highest BCUT2D eigenvalue weighted by molar-refractivity contribution is 7.89. The smallest absolute Gasteiger partial charge is 0.243 e. The van der Waals surface area contributed by atoms with Gasteiger partial charge in [0.05, 0.1) is 33.0 Å². The molecule has 0 saturated carbocycles. The van der Waals surface area contributed by atoms with Crippen LogP contribution in [0.1, 0.15) is 0 Å². The summed E-state index contributed by atoms with van der Waals surface area (Å²) >= 11 is 0. The predicted octanol–water partition coefficient (Wildman–Crippen LogP) is -0.213. The molecule has 8 nitrogen and oxygen atoms in total. The maximum atomic E-state index is 11.3. The molecule has 2 N–H and O–H groups in total. The Morgan fingerprint density at radius 1 is 1.10 bits per heavy atom. The van der Waals surface area contributed by atoms with E-state index in [9.17, 15) is 8.42 Å². The zero-order chi connectivity index (χ0) is 15.6. The zero-order valence-electron chi connectivity index (χ0n) is 11.9. The fraction of sp³-hybridized carbons (Fsp3) is 0.583. The largest absolute Gasteiger partial charge is 0.474 e. The second-order valence-electron chi connectivity index (χ2n) is 3.92. The van der Waals surface area contributed by atoms with Gasteiger partial charge in [-0.05, 0) is 12.1 Å². The van der Waals surface area contributed by atoms with Crippen molar-refractivity contribution in [1.29, 1.82) is 0 Å². The molecule has 0 fully saturated rings. The molecule has 1 heterocycles. The van der Waals surface area contributed by atoms with Gasteiger partial charge in [-0.15, -0.1) is 0 Å². The Labute approximate surface area is 124 Å². The van der Waals surface area contributed by atoms with Gasteiger partial charge >= 0.3 is 0 Å². The van der Waals surface area contributed by atoms with Crippen molar-refractivity contribution in [2.24, 2.45) is 5.14 Å². The van der Waals surface area contributed by atoms with Crippen molar-refractivity contribution in [1.82, 2.24) is 4.98 Å². The van der Waals surface area contributed by atoms with Gasteiger partial charge in [0.15, 0.2) is 0 Å². The first-order valence-electron chi connectivity index (χ1n) is 6.30. The average Bonchev–Trinajstić information content (AvgIpc) is 2.45. The van der Waals surface area contributed by atoms with Crippen LogP contribution in [0.15, 0.2) is 23.2 Å². The average molecular weight is 320 g/mol. The van der Waals surface area contributed by atoms with Crippen LogP contribution in [0, 0.1) is 0 Å². The molecule has 9 heteroatoms. The van der Waals surface area contributed by atoms with E-state index in [0.717, 1.165) is 0 Å². The summed E-state index contributed by atoms with van der Waals surface area (Å²) in [6.45, 7) is 2.37. The summed E-state index contributed by atoms with van der Waals surface area (Å²) in [6.07, 6.45) is 1.43. The Morgan fingerprint density at radius 2 is 1.71 bits per heavy atom. The van der Waals surface area contributed by atoms with E-state index >= 15 is 0 Å². The summed E-state index contributed by atoms with van der Waals surface area (Å²) in [7, 11) is -2.25. The lowest BCUT2D eigenvalue weighted by molar-refractivity contribution is 0.0174. The summed E-state index contributed by atoms with van der Waals surface area (Å²) in [4.78, 5) is 3.69. The molecule has 0 bridgehead atoms. The molecule has 0 amide bonds. The van der Waals surface area contributed by atoms with E-state index in [1.807, 2.05) is 0 Å². The van der Waals surface area contributed by atoms with Crippen molar-refractivity contribution in [2.45, 2.75) is 4.90 Å². The number of nitrogens with two attached hydrogens (primary N) is 1. The second kappa shape index (κ2) is 9.64. The summed E-state index contributed by atoms with van der Waals surface area (Å²) in [5.74, 6) is -0.0278. The lowest BCUT2D eigenvalue weighted by Crippen LogP contribution is -2.16. The lowest BCUT2D eigenvalue weighted by atomic mass is 10.5. The summed E-state index contributed by atoms with van der Waals surface area (Å²) < 4.78 is 43.2. The maximum absolute atomic E-state index is 11.3. The van der Waals surface area contributed by atoms with Gasteiger partial charge in [0.25, 0.3) is 0 Å². The number of ether oxygens (including phenoxy) is 4. The van der Waals surface area contributed by atoms with E-state index < -0.39 is 10.0 Å². The van der Waals surface area contributed by atoms with Crippen molar-refractivity contribution in [3.8, 4) is 5.88 Å². The molecule has 0 unspecified atom stereocenters. The number of nitrogens with zero attached hydrogens (tertiary/aromatic N) is 1. The van der Waals surface area contributed by atoms with Crippen LogP contribution in [0.2, 0.25) is 0 Å². The van der Waals surface area contributed by atoms with Crippen molar-refractivity contribution in [3.05, 3.63) is 18.3 Å². The Kier molecular flexibility index (Phi) is 8.16. The topological polar surface area (TPSA) is 110 Å². The van der Waals surface area contributed by atoms with Crippen LogP contribution < -0.4 is 9.88 Å².